The zero-order chi connectivity index (χ0) is 15.5. The molecule has 1 aromatic rings. The fourth-order valence-electron chi connectivity index (χ4n) is 3.34. The first-order valence-electron chi connectivity index (χ1n) is 8.25. The number of fused-ring (bicyclic) bond motifs is 1. The van der Waals surface area contributed by atoms with Crippen LogP contribution in [0.4, 0.5) is 0 Å². The second-order valence-corrected chi connectivity index (χ2v) is 7.27. The van der Waals surface area contributed by atoms with Gasteiger partial charge in [-0.25, -0.2) is 0 Å². The molecule has 0 radical (unpaired) electrons. The van der Waals surface area contributed by atoms with Gasteiger partial charge in [0.05, 0.1) is 0 Å². The van der Waals surface area contributed by atoms with Crippen LogP contribution in [0.2, 0.25) is 0 Å². The van der Waals surface area contributed by atoms with Crippen LogP contribution in [0.5, 0.6) is 5.75 Å². The van der Waals surface area contributed by atoms with E-state index in [1.807, 2.05) is 0 Å². The lowest BCUT2D eigenvalue weighted by molar-refractivity contribution is 0.00580. The molecular weight excluding hydrogens is 326 g/mol. The van der Waals surface area contributed by atoms with Gasteiger partial charge in [0.25, 0.3) is 0 Å². The first kappa shape index (κ1) is 16.8. The van der Waals surface area contributed by atoms with Gasteiger partial charge in [0.15, 0.2) is 0 Å². The Morgan fingerprint density at radius 2 is 2.14 bits per heavy atom. The van der Waals surface area contributed by atoms with Gasteiger partial charge in [-0.3, -0.25) is 0 Å². The number of halogens is 1. The summed E-state index contributed by atoms with van der Waals surface area (Å²) in [6, 6.07) is 6.78. The van der Waals surface area contributed by atoms with Crippen LogP contribution in [-0.4, -0.2) is 12.1 Å². The maximum atomic E-state index is 6.51. The third-order valence-electron chi connectivity index (χ3n) is 4.76. The lowest BCUT2D eigenvalue weighted by Gasteiger charge is -2.43. The highest BCUT2D eigenvalue weighted by Gasteiger charge is 2.40. The van der Waals surface area contributed by atoms with Gasteiger partial charge >= 0.3 is 0 Å². The summed E-state index contributed by atoms with van der Waals surface area (Å²) in [5.74, 6) is 1.75. The summed E-state index contributed by atoms with van der Waals surface area (Å²) in [5.41, 5.74) is 1.27. The van der Waals surface area contributed by atoms with E-state index in [2.05, 4.69) is 67.1 Å². The third kappa shape index (κ3) is 3.81. The quantitative estimate of drug-likeness (QED) is 0.732. The lowest BCUT2D eigenvalue weighted by atomic mass is 9.79. The van der Waals surface area contributed by atoms with Crippen LogP contribution in [-0.2, 0) is 0 Å². The predicted molar refractivity (Wildman–Crippen MR) is 92.9 cm³/mol. The molecule has 3 unspecified atom stereocenters. The highest BCUT2D eigenvalue weighted by molar-refractivity contribution is 9.10. The van der Waals surface area contributed by atoms with Crippen LogP contribution in [0.25, 0.3) is 0 Å². The van der Waals surface area contributed by atoms with Crippen molar-refractivity contribution >= 4 is 15.9 Å². The zero-order valence-electron chi connectivity index (χ0n) is 13.7. The van der Waals surface area contributed by atoms with Crippen LogP contribution >= 0.6 is 15.9 Å². The first-order valence-corrected chi connectivity index (χ1v) is 9.04. The summed E-state index contributed by atoms with van der Waals surface area (Å²) in [4.78, 5) is 0. The summed E-state index contributed by atoms with van der Waals surface area (Å²) >= 11 is 3.58. The Morgan fingerprint density at radius 1 is 1.38 bits per heavy atom. The Hall–Kier alpha value is -0.540. The van der Waals surface area contributed by atoms with Crippen molar-refractivity contribution in [3.8, 4) is 5.75 Å². The number of nitrogens with one attached hydrogen (secondary N) is 1. The standard InChI is InChI=1S/C18H28BrNO/c1-5-13(4)11-18(6-2)12-16(20-7-3)15-10-14(19)8-9-17(15)21-18/h8-10,13,16,20H,5-7,11-12H2,1-4H3. The van der Waals surface area contributed by atoms with Crippen molar-refractivity contribution in [3.05, 3.63) is 28.2 Å². The van der Waals surface area contributed by atoms with Gasteiger partial charge in [-0.15, -0.1) is 0 Å². The van der Waals surface area contributed by atoms with Gasteiger partial charge in [0.1, 0.15) is 11.4 Å². The van der Waals surface area contributed by atoms with Crippen LogP contribution in [0.1, 0.15) is 65.0 Å². The minimum atomic E-state index is -0.0247. The number of rotatable bonds is 6. The summed E-state index contributed by atoms with van der Waals surface area (Å²) in [6.45, 7) is 10.0. The van der Waals surface area contributed by atoms with E-state index >= 15 is 0 Å². The molecule has 0 saturated carbocycles. The first-order chi connectivity index (χ1) is 10.0. The summed E-state index contributed by atoms with van der Waals surface area (Å²) in [6.07, 6.45) is 4.47. The molecule has 3 heteroatoms. The number of ether oxygens (including phenoxy) is 1. The molecule has 0 saturated heterocycles. The molecule has 21 heavy (non-hydrogen) atoms. The fourth-order valence-corrected chi connectivity index (χ4v) is 3.71. The largest absolute Gasteiger partial charge is 0.487 e. The minimum Gasteiger partial charge on any atom is -0.487 e. The second kappa shape index (κ2) is 7.15. The third-order valence-corrected chi connectivity index (χ3v) is 5.26. The predicted octanol–water partition coefficient (Wildman–Crippen LogP) is 5.47. The lowest BCUT2D eigenvalue weighted by Crippen LogP contribution is -2.45. The SMILES string of the molecule is CCNC1CC(CC)(CC(C)CC)Oc2ccc(Br)cc21. The molecule has 1 aromatic carbocycles. The van der Waals surface area contributed by atoms with Gasteiger partial charge in [-0.05, 0) is 43.5 Å². The van der Waals surface area contributed by atoms with Crippen molar-refractivity contribution in [1.82, 2.24) is 5.32 Å². The van der Waals surface area contributed by atoms with Crippen LogP contribution in [0.15, 0.2) is 22.7 Å². The Balaban J connectivity index is 2.34. The van der Waals surface area contributed by atoms with Crippen LogP contribution < -0.4 is 10.1 Å². The Morgan fingerprint density at radius 3 is 2.76 bits per heavy atom. The maximum absolute atomic E-state index is 6.51. The number of benzene rings is 1. The monoisotopic (exact) mass is 353 g/mol. The smallest absolute Gasteiger partial charge is 0.125 e. The minimum absolute atomic E-state index is 0.0247. The number of hydrogen-bond donors (Lipinski definition) is 1. The molecular formula is C18H28BrNO. The molecule has 1 aliphatic rings. The fraction of sp³-hybridized carbons (Fsp3) is 0.667. The molecule has 0 bridgehead atoms. The van der Waals surface area contributed by atoms with E-state index in [1.54, 1.807) is 0 Å². The Bertz CT molecular complexity index is 476. The molecule has 2 rings (SSSR count). The van der Waals surface area contributed by atoms with Crippen molar-refractivity contribution in [2.45, 2.75) is 65.0 Å². The molecule has 0 amide bonds. The van der Waals surface area contributed by atoms with Crippen molar-refractivity contribution in [1.29, 1.82) is 0 Å². The van der Waals surface area contributed by atoms with Crippen molar-refractivity contribution in [2.75, 3.05) is 6.54 Å². The molecule has 0 spiro atoms. The number of hydrogen-bond acceptors (Lipinski definition) is 2. The Kier molecular flexibility index (Phi) is 5.73. The summed E-state index contributed by atoms with van der Waals surface area (Å²) in [7, 11) is 0. The second-order valence-electron chi connectivity index (χ2n) is 6.35. The maximum Gasteiger partial charge on any atom is 0.125 e. The molecule has 1 N–H and O–H groups in total. The average molecular weight is 354 g/mol. The molecule has 0 fully saturated rings. The van der Waals surface area contributed by atoms with E-state index in [4.69, 9.17) is 4.74 Å². The topological polar surface area (TPSA) is 21.3 Å². The van der Waals surface area contributed by atoms with Crippen molar-refractivity contribution in [2.24, 2.45) is 5.92 Å². The molecule has 0 aromatic heterocycles. The molecule has 3 atom stereocenters. The highest BCUT2D eigenvalue weighted by Crippen LogP contribution is 2.45. The van der Waals surface area contributed by atoms with Gasteiger partial charge in [0, 0.05) is 22.5 Å². The van der Waals surface area contributed by atoms with Crippen molar-refractivity contribution < 1.29 is 4.74 Å². The Labute approximate surface area is 137 Å². The van der Waals surface area contributed by atoms with E-state index in [-0.39, 0.29) is 5.60 Å². The average Bonchev–Trinajstić information content (AvgIpc) is 2.48. The van der Waals surface area contributed by atoms with Gasteiger partial charge in [0.2, 0.25) is 0 Å². The van der Waals surface area contributed by atoms with Crippen LogP contribution in [0.3, 0.4) is 0 Å². The van der Waals surface area contributed by atoms with Gasteiger partial charge in [-0.1, -0.05) is 50.0 Å². The van der Waals surface area contributed by atoms with Gasteiger partial charge in [-0.2, -0.15) is 0 Å². The normalized spacial score (nSPS) is 26.0. The molecule has 0 aliphatic carbocycles. The van der Waals surface area contributed by atoms with E-state index in [9.17, 15) is 0 Å². The zero-order valence-corrected chi connectivity index (χ0v) is 15.3. The van der Waals surface area contributed by atoms with E-state index in [1.165, 1.54) is 12.0 Å². The summed E-state index contributed by atoms with van der Waals surface area (Å²) < 4.78 is 7.64. The van der Waals surface area contributed by atoms with Crippen molar-refractivity contribution in [3.63, 3.8) is 0 Å². The van der Waals surface area contributed by atoms with Gasteiger partial charge < -0.3 is 10.1 Å². The van der Waals surface area contributed by atoms with E-state index < -0.39 is 0 Å². The van der Waals surface area contributed by atoms with E-state index in [0.717, 1.165) is 36.0 Å². The molecule has 118 valence electrons. The highest BCUT2D eigenvalue weighted by atomic mass is 79.9. The molecule has 2 nitrogen and oxygen atoms in total. The molecule has 1 heterocycles. The van der Waals surface area contributed by atoms with Crippen LogP contribution in [0, 0.1) is 5.92 Å². The molecule has 1 aliphatic heterocycles. The van der Waals surface area contributed by atoms with E-state index in [0.29, 0.717) is 12.0 Å². The summed E-state index contributed by atoms with van der Waals surface area (Å²) in [5, 5.41) is 3.65.